The number of fused-ring (bicyclic) bond motifs is 2. The van der Waals surface area contributed by atoms with Gasteiger partial charge in [-0.25, -0.2) is 0 Å². The van der Waals surface area contributed by atoms with E-state index in [0.29, 0.717) is 36.9 Å². The molecular formula is C28H25NO4. The molecule has 166 valence electrons. The molecule has 2 aliphatic rings. The number of benzene rings is 3. The van der Waals surface area contributed by atoms with Crippen molar-refractivity contribution in [2.45, 2.75) is 20.0 Å². The van der Waals surface area contributed by atoms with Gasteiger partial charge >= 0.3 is 0 Å². The molecule has 0 spiro atoms. The Bertz CT molecular complexity index is 1260. The molecule has 0 aliphatic carbocycles. The van der Waals surface area contributed by atoms with E-state index in [1.165, 1.54) is 0 Å². The van der Waals surface area contributed by atoms with Crippen molar-refractivity contribution in [1.29, 1.82) is 0 Å². The zero-order valence-electron chi connectivity index (χ0n) is 18.7. The Morgan fingerprint density at radius 1 is 1.06 bits per heavy atom. The molecule has 0 radical (unpaired) electrons. The number of carbonyl (C=O) groups excluding carboxylic acids is 1. The maximum atomic E-state index is 13.0. The Morgan fingerprint density at radius 2 is 1.85 bits per heavy atom. The lowest BCUT2D eigenvalue weighted by atomic mass is 10.00. The predicted octanol–water partition coefficient (Wildman–Crippen LogP) is 5.53. The predicted molar refractivity (Wildman–Crippen MR) is 127 cm³/mol. The van der Waals surface area contributed by atoms with Crippen LogP contribution in [-0.4, -0.2) is 24.5 Å². The van der Waals surface area contributed by atoms with E-state index in [-0.39, 0.29) is 5.78 Å². The molecule has 3 aromatic carbocycles. The van der Waals surface area contributed by atoms with E-state index in [1.54, 1.807) is 13.2 Å². The Morgan fingerprint density at radius 3 is 2.67 bits per heavy atom. The van der Waals surface area contributed by atoms with Crippen LogP contribution in [0.2, 0.25) is 0 Å². The molecule has 0 saturated carbocycles. The zero-order chi connectivity index (χ0) is 22.8. The molecule has 0 aromatic heterocycles. The molecule has 5 heteroatoms. The monoisotopic (exact) mass is 439 g/mol. The van der Waals surface area contributed by atoms with E-state index in [1.807, 2.05) is 73.7 Å². The molecule has 5 rings (SSSR count). The Balaban J connectivity index is 1.37. The summed E-state index contributed by atoms with van der Waals surface area (Å²) in [5, 5.41) is 0. The number of hydrogen-bond donors (Lipinski definition) is 0. The smallest absolute Gasteiger partial charge is 0.231 e. The summed E-state index contributed by atoms with van der Waals surface area (Å²) in [5.41, 5.74) is 4.61. The topological polar surface area (TPSA) is 48.0 Å². The molecule has 0 saturated heterocycles. The molecule has 0 amide bonds. The Kier molecular flexibility index (Phi) is 5.71. The molecule has 0 bridgehead atoms. The number of allylic oxidation sites excluding steroid dienone is 3. The van der Waals surface area contributed by atoms with Crippen molar-refractivity contribution in [2.75, 3.05) is 13.8 Å². The highest BCUT2D eigenvalue weighted by Crippen LogP contribution is 2.43. The summed E-state index contributed by atoms with van der Waals surface area (Å²) in [6, 6.07) is 19.8. The van der Waals surface area contributed by atoms with Crippen LogP contribution in [0, 0.1) is 6.92 Å². The number of ketones is 1. The number of rotatable bonds is 5. The van der Waals surface area contributed by atoms with E-state index in [9.17, 15) is 4.79 Å². The second-order valence-corrected chi connectivity index (χ2v) is 8.17. The molecule has 2 aliphatic heterocycles. The summed E-state index contributed by atoms with van der Waals surface area (Å²) >= 11 is 0. The van der Waals surface area contributed by atoms with Crippen LogP contribution in [0.15, 0.2) is 78.6 Å². The van der Waals surface area contributed by atoms with E-state index >= 15 is 0 Å². The molecular weight excluding hydrogens is 414 g/mol. The molecule has 5 nitrogen and oxygen atoms in total. The minimum Gasteiger partial charge on any atom is -0.496 e. The van der Waals surface area contributed by atoms with Crippen molar-refractivity contribution in [3.63, 3.8) is 0 Å². The van der Waals surface area contributed by atoms with Crippen molar-refractivity contribution in [3.05, 3.63) is 106 Å². The van der Waals surface area contributed by atoms with Gasteiger partial charge in [0, 0.05) is 29.8 Å². The van der Waals surface area contributed by atoms with E-state index in [2.05, 4.69) is 11.0 Å². The van der Waals surface area contributed by atoms with Gasteiger partial charge in [0.2, 0.25) is 5.78 Å². The summed E-state index contributed by atoms with van der Waals surface area (Å²) < 4.78 is 17.5. The largest absolute Gasteiger partial charge is 0.496 e. The van der Waals surface area contributed by atoms with Gasteiger partial charge in [-0.15, -0.1) is 0 Å². The minimum atomic E-state index is -0.101. The van der Waals surface area contributed by atoms with Crippen LogP contribution in [0.1, 0.15) is 32.6 Å². The third-order valence-corrected chi connectivity index (χ3v) is 5.92. The highest BCUT2D eigenvalue weighted by atomic mass is 16.5. The molecule has 0 atom stereocenters. The number of Topliss-reactive ketones (excluding diaryl/α,β-unsaturated/α-hetero) is 1. The lowest BCUT2D eigenvalue weighted by molar-refractivity contribution is 0.0869. The number of nitrogens with zero attached hydrogens (tertiary/aromatic N) is 1. The van der Waals surface area contributed by atoms with Crippen LogP contribution in [0.4, 0.5) is 0 Å². The standard InChI is InChI=1S/C28H25NO4/c1-19-27-22(17-29(18-32-27)16-21-12-6-7-13-24(21)31-2)15-23-26(30)25(33-28(19)23)14-8-11-20-9-4-3-5-10-20/h3-15H,16-18H2,1-2H3/b11-8+,25-14-. The number of hydrogen-bond acceptors (Lipinski definition) is 5. The van der Waals surface area contributed by atoms with Gasteiger partial charge in [0.15, 0.2) is 5.76 Å². The third-order valence-electron chi connectivity index (χ3n) is 5.92. The highest BCUT2D eigenvalue weighted by molar-refractivity contribution is 6.13. The SMILES string of the molecule is COc1ccccc1CN1COc2c(cc3c(c2C)O/C(=C\C=C\c2ccccc2)C3=O)C1. The van der Waals surface area contributed by atoms with Crippen molar-refractivity contribution >= 4 is 11.9 Å². The van der Waals surface area contributed by atoms with Gasteiger partial charge < -0.3 is 14.2 Å². The number of methoxy groups -OCH3 is 1. The van der Waals surface area contributed by atoms with Gasteiger partial charge in [0.05, 0.1) is 12.7 Å². The molecule has 0 fully saturated rings. The first kappa shape index (κ1) is 21.0. The van der Waals surface area contributed by atoms with Crippen molar-refractivity contribution in [3.8, 4) is 17.2 Å². The number of para-hydroxylation sites is 1. The lowest BCUT2D eigenvalue weighted by Gasteiger charge is -2.30. The van der Waals surface area contributed by atoms with Gasteiger partial charge in [0.1, 0.15) is 24.0 Å². The highest BCUT2D eigenvalue weighted by Gasteiger charge is 2.33. The molecule has 3 aromatic rings. The molecule has 0 unspecified atom stereocenters. The lowest BCUT2D eigenvalue weighted by Crippen LogP contribution is -2.32. The summed E-state index contributed by atoms with van der Waals surface area (Å²) in [5.74, 6) is 2.48. The third kappa shape index (κ3) is 4.15. The fourth-order valence-corrected chi connectivity index (χ4v) is 4.30. The van der Waals surface area contributed by atoms with Gasteiger partial charge in [-0.2, -0.15) is 0 Å². The number of carbonyl (C=O) groups is 1. The van der Waals surface area contributed by atoms with Crippen molar-refractivity contribution < 1.29 is 19.0 Å². The van der Waals surface area contributed by atoms with Crippen molar-refractivity contribution in [2.24, 2.45) is 0 Å². The van der Waals surface area contributed by atoms with Crippen LogP contribution < -0.4 is 14.2 Å². The summed E-state index contributed by atoms with van der Waals surface area (Å²) in [6.45, 7) is 3.78. The van der Waals surface area contributed by atoms with E-state index < -0.39 is 0 Å². The first-order valence-electron chi connectivity index (χ1n) is 10.9. The normalized spacial score (nSPS) is 16.4. The van der Waals surface area contributed by atoms with Gasteiger partial charge in [-0.1, -0.05) is 60.7 Å². The average Bonchev–Trinajstić information content (AvgIpc) is 3.16. The van der Waals surface area contributed by atoms with Crippen LogP contribution >= 0.6 is 0 Å². The number of ether oxygens (including phenoxy) is 3. The second-order valence-electron chi connectivity index (χ2n) is 8.17. The zero-order valence-corrected chi connectivity index (χ0v) is 18.7. The fraction of sp³-hybridized carbons (Fsp3) is 0.179. The van der Waals surface area contributed by atoms with Crippen molar-refractivity contribution in [1.82, 2.24) is 4.90 Å². The molecule has 0 N–H and O–H groups in total. The maximum absolute atomic E-state index is 13.0. The Hall–Kier alpha value is -3.83. The van der Waals surface area contributed by atoms with Gasteiger partial charge in [-0.3, -0.25) is 9.69 Å². The maximum Gasteiger partial charge on any atom is 0.231 e. The van der Waals surface area contributed by atoms with Crippen LogP contribution in [-0.2, 0) is 13.1 Å². The molecule has 33 heavy (non-hydrogen) atoms. The Labute approximate surface area is 193 Å². The first-order valence-corrected chi connectivity index (χ1v) is 10.9. The van der Waals surface area contributed by atoms with Gasteiger partial charge in [-0.05, 0) is 30.7 Å². The van der Waals surface area contributed by atoms with Gasteiger partial charge in [0.25, 0.3) is 0 Å². The van der Waals surface area contributed by atoms with Crippen LogP contribution in [0.3, 0.4) is 0 Å². The van der Waals surface area contributed by atoms with Crippen LogP contribution in [0.25, 0.3) is 6.08 Å². The second kappa shape index (κ2) is 8.96. The summed E-state index contributed by atoms with van der Waals surface area (Å²) in [7, 11) is 1.68. The summed E-state index contributed by atoms with van der Waals surface area (Å²) in [6.07, 6.45) is 5.52. The quantitative estimate of drug-likeness (QED) is 0.490. The minimum absolute atomic E-state index is 0.101. The average molecular weight is 440 g/mol. The summed E-state index contributed by atoms with van der Waals surface area (Å²) in [4.78, 5) is 15.2. The van der Waals surface area contributed by atoms with E-state index in [0.717, 1.165) is 33.8 Å². The van der Waals surface area contributed by atoms with Crippen LogP contribution in [0.5, 0.6) is 17.2 Å². The first-order chi connectivity index (χ1) is 16.1. The molecule has 2 heterocycles. The fourth-order valence-electron chi connectivity index (χ4n) is 4.30. The van der Waals surface area contributed by atoms with E-state index in [4.69, 9.17) is 14.2 Å².